The van der Waals surface area contributed by atoms with Crippen LogP contribution in [0.2, 0.25) is 0 Å². The van der Waals surface area contributed by atoms with Crippen molar-refractivity contribution in [3.63, 3.8) is 0 Å². The average Bonchev–Trinajstić information content (AvgIpc) is 3.40. The molecule has 2 aliphatic rings. The number of halogens is 4. The van der Waals surface area contributed by atoms with Gasteiger partial charge < -0.3 is 19.2 Å². The molecule has 4 rings (SSSR count). The van der Waals surface area contributed by atoms with Crippen LogP contribution in [-0.4, -0.2) is 50.0 Å². The summed E-state index contributed by atoms with van der Waals surface area (Å²) in [6.45, 7) is 4.31. The molecule has 0 radical (unpaired) electrons. The molecule has 0 atom stereocenters. The molecule has 0 bridgehead atoms. The second kappa shape index (κ2) is 11.8. The van der Waals surface area contributed by atoms with E-state index in [1.54, 1.807) is 40.4 Å². The molecule has 1 aliphatic carbocycles. The number of nitrogens with one attached hydrogen (secondary N) is 2. The maximum Gasteiger partial charge on any atom is 0.516 e. The molecule has 220 valence electrons. The lowest BCUT2D eigenvalue weighted by Crippen LogP contribution is -2.30. The zero-order chi connectivity index (χ0) is 30.1. The fourth-order valence-corrected chi connectivity index (χ4v) is 5.99. The van der Waals surface area contributed by atoms with Gasteiger partial charge in [0.1, 0.15) is 5.82 Å². The molecular weight excluding hydrogens is 627 g/mol. The Morgan fingerprint density at radius 2 is 1.83 bits per heavy atom. The number of para-hydroxylation sites is 1. The molecule has 0 saturated carbocycles. The number of fused-ring (bicyclic) bond motifs is 1. The number of rotatable bonds is 10. The van der Waals surface area contributed by atoms with Gasteiger partial charge in [0.25, 0.3) is 5.91 Å². The van der Waals surface area contributed by atoms with Crippen LogP contribution < -0.4 is 14.9 Å². The number of sulfonamides is 1. The maximum atomic E-state index is 13.3. The standard InChI is InChI=1S/C27H29BrF3N5O4S/c1-5-9-21-33-25(35(3)4)24(26(37)32-6-2)36(21)14-18-16-12-13-40-15-19(16)23(28)22(18)17-10-7-8-11-20(17)34-41(38,39)27(29,30)31/h7-8,10-13,15,34H,5-6,9,14H2,1-4H3,(H,32,37). The second-order valence-electron chi connectivity index (χ2n) is 9.44. The number of hydrogen-bond acceptors (Lipinski definition) is 6. The molecule has 0 spiro atoms. The van der Waals surface area contributed by atoms with Gasteiger partial charge in [-0.05, 0) is 52.5 Å². The van der Waals surface area contributed by atoms with Gasteiger partial charge in [-0.15, -0.1) is 0 Å². The molecule has 14 heteroatoms. The van der Waals surface area contributed by atoms with E-state index < -0.39 is 15.5 Å². The topological polar surface area (TPSA) is 109 Å². The van der Waals surface area contributed by atoms with E-state index in [4.69, 9.17) is 9.40 Å². The Balaban J connectivity index is 2.00. The van der Waals surface area contributed by atoms with Crippen molar-refractivity contribution in [3.05, 3.63) is 64.4 Å². The van der Waals surface area contributed by atoms with Crippen LogP contribution in [0.3, 0.4) is 0 Å². The molecule has 2 N–H and O–H groups in total. The van der Waals surface area contributed by atoms with Crippen LogP contribution in [0.1, 0.15) is 42.1 Å². The fourth-order valence-electron chi connectivity index (χ4n) is 4.65. The van der Waals surface area contributed by atoms with Crippen LogP contribution in [0.5, 0.6) is 0 Å². The van der Waals surface area contributed by atoms with Gasteiger partial charge in [0.2, 0.25) is 0 Å². The Morgan fingerprint density at radius 1 is 1.12 bits per heavy atom. The van der Waals surface area contributed by atoms with Crippen LogP contribution in [0.15, 0.2) is 51.7 Å². The highest BCUT2D eigenvalue weighted by Gasteiger charge is 2.46. The summed E-state index contributed by atoms with van der Waals surface area (Å²) < 4.78 is 73.5. The van der Waals surface area contributed by atoms with E-state index >= 15 is 0 Å². The van der Waals surface area contributed by atoms with E-state index in [1.807, 2.05) is 13.8 Å². The van der Waals surface area contributed by atoms with Crippen molar-refractivity contribution in [3.8, 4) is 22.3 Å². The van der Waals surface area contributed by atoms with Crippen molar-refractivity contribution in [1.29, 1.82) is 0 Å². The number of aryl methyl sites for hydroxylation is 1. The molecule has 1 aromatic heterocycles. The van der Waals surface area contributed by atoms with Crippen LogP contribution in [0.4, 0.5) is 24.7 Å². The van der Waals surface area contributed by atoms with Gasteiger partial charge in [-0.25, -0.2) is 4.98 Å². The van der Waals surface area contributed by atoms with Gasteiger partial charge in [0.15, 0.2) is 11.5 Å². The van der Waals surface area contributed by atoms with E-state index in [1.165, 1.54) is 30.7 Å². The molecule has 0 fully saturated rings. The largest absolute Gasteiger partial charge is 0.516 e. The minimum absolute atomic E-state index is 0.116. The van der Waals surface area contributed by atoms with Crippen LogP contribution in [-0.2, 0) is 23.0 Å². The van der Waals surface area contributed by atoms with Crippen LogP contribution in [0.25, 0.3) is 22.3 Å². The first-order valence-corrected chi connectivity index (χ1v) is 15.0. The second-order valence-corrected chi connectivity index (χ2v) is 11.9. The Bertz CT molecular complexity index is 1650. The van der Waals surface area contributed by atoms with Gasteiger partial charge in [-0.1, -0.05) is 25.1 Å². The van der Waals surface area contributed by atoms with E-state index in [2.05, 4.69) is 21.2 Å². The lowest BCUT2D eigenvalue weighted by atomic mass is 10.0. The third kappa shape index (κ3) is 5.80. The Labute approximate surface area is 244 Å². The SMILES string of the molecule is CCCc1nc(N(C)C)c(C(=O)NCC)n1Cc1c2ccocc-2c(Br)c1-c1ccccc1NS(=O)(=O)C(F)(F)F. The van der Waals surface area contributed by atoms with Crippen molar-refractivity contribution in [2.24, 2.45) is 0 Å². The van der Waals surface area contributed by atoms with Gasteiger partial charge in [-0.3, -0.25) is 9.52 Å². The van der Waals surface area contributed by atoms with Crippen molar-refractivity contribution < 1.29 is 30.8 Å². The normalized spacial score (nSPS) is 12.1. The molecular formula is C27H29BrF3N5O4S. The fraction of sp³-hybridized carbons (Fsp3) is 0.333. The summed E-state index contributed by atoms with van der Waals surface area (Å²) in [4.78, 5) is 19.8. The van der Waals surface area contributed by atoms with Gasteiger partial charge in [0.05, 0.1) is 24.8 Å². The maximum absolute atomic E-state index is 13.3. The van der Waals surface area contributed by atoms with Crippen LogP contribution in [0, 0.1) is 0 Å². The summed E-state index contributed by atoms with van der Waals surface area (Å²) in [6, 6.07) is 7.56. The highest BCUT2D eigenvalue weighted by Crippen LogP contribution is 2.48. The van der Waals surface area contributed by atoms with E-state index in [9.17, 15) is 26.4 Å². The molecule has 1 aromatic carbocycles. The summed E-state index contributed by atoms with van der Waals surface area (Å²) in [6.07, 6.45) is 4.27. The van der Waals surface area contributed by atoms with Gasteiger partial charge in [0, 0.05) is 48.2 Å². The third-order valence-corrected chi connectivity index (χ3v) is 8.33. The molecule has 2 aromatic rings. The number of anilines is 2. The number of benzene rings is 1. The third-order valence-electron chi connectivity index (χ3n) is 6.41. The predicted molar refractivity (Wildman–Crippen MR) is 155 cm³/mol. The summed E-state index contributed by atoms with van der Waals surface area (Å²) in [5, 5.41) is 2.84. The zero-order valence-electron chi connectivity index (χ0n) is 22.8. The van der Waals surface area contributed by atoms with Crippen molar-refractivity contribution in [2.75, 3.05) is 30.3 Å². The number of carbonyl (C=O) groups excluding carboxylic acids is 1. The number of nitrogens with zero attached hydrogens (tertiary/aromatic N) is 3. The smallest absolute Gasteiger partial charge is 0.472 e. The molecule has 0 saturated heterocycles. The Morgan fingerprint density at radius 3 is 2.46 bits per heavy atom. The van der Waals surface area contributed by atoms with Crippen LogP contribution >= 0.6 is 15.9 Å². The quantitative estimate of drug-likeness (QED) is 0.214. The molecule has 1 amide bonds. The summed E-state index contributed by atoms with van der Waals surface area (Å²) in [5.74, 6) is 0.806. The first-order chi connectivity index (χ1) is 19.3. The summed E-state index contributed by atoms with van der Waals surface area (Å²) in [5.41, 5.74) is -2.81. The highest BCUT2D eigenvalue weighted by molar-refractivity contribution is 9.10. The first kappa shape index (κ1) is 30.4. The number of aromatic nitrogens is 2. The molecule has 41 heavy (non-hydrogen) atoms. The number of hydrogen-bond donors (Lipinski definition) is 2. The zero-order valence-corrected chi connectivity index (χ0v) is 25.2. The van der Waals surface area contributed by atoms with E-state index in [-0.39, 0.29) is 23.7 Å². The van der Waals surface area contributed by atoms with E-state index in [0.29, 0.717) is 57.0 Å². The predicted octanol–water partition coefficient (Wildman–Crippen LogP) is 6.09. The average molecular weight is 657 g/mol. The van der Waals surface area contributed by atoms with Gasteiger partial charge in [-0.2, -0.15) is 21.6 Å². The van der Waals surface area contributed by atoms with Crippen molar-refractivity contribution in [1.82, 2.24) is 14.9 Å². The monoisotopic (exact) mass is 655 g/mol. The summed E-state index contributed by atoms with van der Waals surface area (Å²) in [7, 11) is -2.12. The van der Waals surface area contributed by atoms with E-state index in [0.717, 1.165) is 6.42 Å². The lowest BCUT2D eigenvalue weighted by molar-refractivity contribution is -0.0429. The Hall–Kier alpha value is -3.52. The number of imidazole rings is 1. The van der Waals surface area contributed by atoms with Gasteiger partial charge >= 0.3 is 15.5 Å². The minimum atomic E-state index is -5.70. The minimum Gasteiger partial charge on any atom is -0.472 e. The molecule has 0 unspecified atom stereocenters. The van der Waals surface area contributed by atoms with Crippen molar-refractivity contribution in [2.45, 2.75) is 38.7 Å². The summed E-state index contributed by atoms with van der Waals surface area (Å²) >= 11 is 3.58. The number of amides is 1. The van der Waals surface area contributed by atoms with Crippen molar-refractivity contribution >= 4 is 43.4 Å². The molecule has 1 aliphatic heterocycles. The lowest BCUT2D eigenvalue weighted by Gasteiger charge is -2.18. The first-order valence-electron chi connectivity index (χ1n) is 12.7. The molecule has 9 nitrogen and oxygen atoms in total. The molecule has 2 heterocycles. The number of carbonyl (C=O) groups is 1. The number of alkyl halides is 3. The Kier molecular flexibility index (Phi) is 8.73. The highest BCUT2D eigenvalue weighted by atomic mass is 79.9.